The van der Waals surface area contributed by atoms with E-state index in [2.05, 4.69) is 0 Å². The van der Waals surface area contributed by atoms with Gasteiger partial charge in [-0.15, -0.1) is 0 Å². The Balaban J connectivity index is 3.20. The highest BCUT2D eigenvalue weighted by Crippen LogP contribution is 2.21. The Morgan fingerprint density at radius 3 is 2.09 bits per heavy atom. The Morgan fingerprint density at radius 1 is 0.826 bits per heavy atom. The van der Waals surface area contributed by atoms with Crippen LogP contribution in [0.25, 0.3) is 0 Å². The van der Waals surface area contributed by atoms with Crippen LogP contribution in [0.4, 0.5) is 0 Å². The minimum atomic E-state index is -0.159. The Morgan fingerprint density at radius 2 is 1.43 bits per heavy atom. The summed E-state index contributed by atoms with van der Waals surface area (Å²) in [4.78, 5) is 22.4. The lowest BCUT2D eigenvalue weighted by Crippen LogP contribution is -2.07. The second-order valence-electron chi connectivity index (χ2n) is 5.10. The quantitative estimate of drug-likeness (QED) is 0.254. The summed E-state index contributed by atoms with van der Waals surface area (Å²) in [5.74, 6) is 1.85. The molecule has 0 amide bonds. The summed E-state index contributed by atoms with van der Waals surface area (Å²) in [5.41, 5.74) is 5.41. The average molecular weight is 366 g/mol. The maximum Gasteiger partial charge on any atom is 0.305 e. The van der Waals surface area contributed by atoms with Crippen molar-refractivity contribution in [2.24, 2.45) is 5.73 Å². The first-order chi connectivity index (χ1) is 11.2. The third-order valence-corrected chi connectivity index (χ3v) is 5.52. The summed E-state index contributed by atoms with van der Waals surface area (Å²) in [6, 6.07) is 0. The first-order valence-corrected chi connectivity index (χ1v) is 10.9. The fourth-order valence-electron chi connectivity index (χ4n) is 1.70. The molecule has 0 aliphatic rings. The lowest BCUT2D eigenvalue weighted by atomic mass is 10.2. The summed E-state index contributed by atoms with van der Waals surface area (Å²) in [6.07, 6.45) is 6.57. The van der Waals surface area contributed by atoms with Crippen LogP contribution in [0.5, 0.6) is 0 Å². The van der Waals surface area contributed by atoms with Gasteiger partial charge in [-0.05, 0) is 32.1 Å². The summed E-state index contributed by atoms with van der Waals surface area (Å²) >= 11 is 0. The zero-order valence-electron chi connectivity index (χ0n) is 14.2. The van der Waals surface area contributed by atoms with Crippen LogP contribution in [-0.2, 0) is 19.1 Å². The van der Waals surface area contributed by atoms with Crippen LogP contribution in [0, 0.1) is 0 Å². The minimum Gasteiger partial charge on any atom is -0.466 e. The molecule has 0 aliphatic carbocycles. The fourth-order valence-corrected chi connectivity index (χ4v) is 3.70. The Labute approximate surface area is 148 Å². The van der Waals surface area contributed by atoms with Crippen molar-refractivity contribution in [2.75, 3.05) is 31.3 Å². The molecule has 0 rings (SSSR count). The molecule has 0 saturated carbocycles. The molecule has 0 spiro atoms. The van der Waals surface area contributed by atoms with Gasteiger partial charge in [-0.3, -0.25) is 9.59 Å². The molecular formula is C16H31NO4S2. The predicted molar refractivity (Wildman–Crippen MR) is 98.5 cm³/mol. The molecule has 0 saturated heterocycles. The molecule has 0 heterocycles. The van der Waals surface area contributed by atoms with E-state index >= 15 is 0 Å². The van der Waals surface area contributed by atoms with Crippen LogP contribution in [0.15, 0.2) is 0 Å². The van der Waals surface area contributed by atoms with E-state index in [0.717, 1.165) is 56.6 Å². The van der Waals surface area contributed by atoms with Gasteiger partial charge in [0.2, 0.25) is 0 Å². The van der Waals surface area contributed by atoms with Crippen LogP contribution in [0.3, 0.4) is 0 Å². The van der Waals surface area contributed by atoms with E-state index in [0.29, 0.717) is 26.1 Å². The van der Waals surface area contributed by atoms with E-state index in [9.17, 15) is 9.59 Å². The van der Waals surface area contributed by atoms with Gasteiger partial charge in [0.15, 0.2) is 0 Å². The summed E-state index contributed by atoms with van der Waals surface area (Å²) in [5, 5.41) is 0. The minimum absolute atomic E-state index is 0.104. The number of unbranched alkanes of at least 4 members (excludes halogenated alkanes) is 4. The maximum absolute atomic E-state index is 11.5. The van der Waals surface area contributed by atoms with Gasteiger partial charge in [-0.25, -0.2) is 0 Å². The van der Waals surface area contributed by atoms with Crippen LogP contribution < -0.4 is 5.73 Å². The van der Waals surface area contributed by atoms with E-state index < -0.39 is 0 Å². The molecule has 7 heteroatoms. The van der Waals surface area contributed by atoms with Gasteiger partial charge in [0.25, 0.3) is 0 Å². The molecular weight excluding hydrogens is 334 g/mol. The molecule has 0 aliphatic heterocycles. The van der Waals surface area contributed by atoms with Crippen molar-refractivity contribution in [3.8, 4) is 0 Å². The molecule has 0 bridgehead atoms. The normalized spacial score (nSPS) is 10.5. The molecule has 0 atom stereocenters. The molecule has 5 nitrogen and oxygen atoms in total. The SMILES string of the molecule is CCC(=O)OCCCCCOC(=O)CCCCCSSCCN. The molecule has 136 valence electrons. The fraction of sp³-hybridized carbons (Fsp3) is 0.875. The van der Waals surface area contributed by atoms with Gasteiger partial charge < -0.3 is 15.2 Å². The molecule has 2 N–H and O–H groups in total. The smallest absolute Gasteiger partial charge is 0.305 e. The van der Waals surface area contributed by atoms with E-state index in [1.54, 1.807) is 6.92 Å². The number of carbonyl (C=O) groups excluding carboxylic acids is 2. The highest BCUT2D eigenvalue weighted by atomic mass is 33.1. The van der Waals surface area contributed by atoms with Gasteiger partial charge in [-0.1, -0.05) is 34.9 Å². The number of esters is 2. The summed E-state index contributed by atoms with van der Waals surface area (Å²) in [7, 11) is 3.66. The van der Waals surface area contributed by atoms with E-state index in [4.69, 9.17) is 15.2 Å². The third kappa shape index (κ3) is 17.8. The van der Waals surface area contributed by atoms with Crippen molar-refractivity contribution in [3.63, 3.8) is 0 Å². The van der Waals surface area contributed by atoms with Crippen molar-refractivity contribution in [1.29, 1.82) is 0 Å². The average Bonchev–Trinajstić information content (AvgIpc) is 2.56. The van der Waals surface area contributed by atoms with Crippen LogP contribution in [0.1, 0.15) is 58.3 Å². The lowest BCUT2D eigenvalue weighted by Gasteiger charge is -2.05. The molecule has 0 aromatic rings. The second kappa shape index (κ2) is 17.9. The van der Waals surface area contributed by atoms with Crippen molar-refractivity contribution < 1.29 is 19.1 Å². The number of ether oxygens (including phenoxy) is 2. The van der Waals surface area contributed by atoms with Crippen molar-refractivity contribution in [1.82, 2.24) is 0 Å². The Bertz CT molecular complexity index is 304. The standard InChI is InChI=1S/C16H31NO4S2/c1-2-15(18)20-11-6-4-7-12-21-16(19)9-5-3-8-13-22-23-14-10-17/h2-14,17H2,1H3. The molecule has 0 radical (unpaired) electrons. The number of carbonyl (C=O) groups is 2. The Kier molecular flexibility index (Phi) is 17.6. The van der Waals surface area contributed by atoms with E-state index in [1.165, 1.54) is 0 Å². The first kappa shape index (κ1) is 22.6. The van der Waals surface area contributed by atoms with Gasteiger partial charge in [-0.2, -0.15) is 0 Å². The van der Waals surface area contributed by atoms with Crippen LogP contribution >= 0.6 is 21.6 Å². The summed E-state index contributed by atoms with van der Waals surface area (Å²) in [6.45, 7) is 3.43. The van der Waals surface area contributed by atoms with Gasteiger partial charge in [0.1, 0.15) is 0 Å². The van der Waals surface area contributed by atoms with Gasteiger partial charge in [0.05, 0.1) is 13.2 Å². The maximum atomic E-state index is 11.5. The highest BCUT2D eigenvalue weighted by molar-refractivity contribution is 8.76. The first-order valence-electron chi connectivity index (χ1n) is 8.46. The zero-order valence-corrected chi connectivity index (χ0v) is 15.9. The Hall–Kier alpha value is -0.400. The highest BCUT2D eigenvalue weighted by Gasteiger charge is 2.03. The van der Waals surface area contributed by atoms with E-state index in [-0.39, 0.29) is 11.9 Å². The van der Waals surface area contributed by atoms with Gasteiger partial charge >= 0.3 is 11.9 Å². The van der Waals surface area contributed by atoms with E-state index in [1.807, 2.05) is 21.6 Å². The molecule has 23 heavy (non-hydrogen) atoms. The lowest BCUT2D eigenvalue weighted by molar-refractivity contribution is -0.144. The zero-order chi connectivity index (χ0) is 17.2. The molecule has 0 fully saturated rings. The molecule has 0 aromatic carbocycles. The number of rotatable bonds is 16. The number of hydrogen-bond donors (Lipinski definition) is 1. The summed E-state index contributed by atoms with van der Waals surface area (Å²) < 4.78 is 10.2. The molecule has 0 aromatic heterocycles. The molecule has 0 unspecified atom stereocenters. The van der Waals surface area contributed by atoms with Crippen LogP contribution in [0.2, 0.25) is 0 Å². The predicted octanol–water partition coefficient (Wildman–Crippen LogP) is 3.55. The largest absolute Gasteiger partial charge is 0.466 e. The second-order valence-corrected chi connectivity index (χ2v) is 7.80. The monoisotopic (exact) mass is 365 g/mol. The van der Waals surface area contributed by atoms with Crippen LogP contribution in [-0.4, -0.2) is 43.2 Å². The van der Waals surface area contributed by atoms with Gasteiger partial charge in [0, 0.05) is 30.9 Å². The third-order valence-electron chi connectivity index (χ3n) is 3.00. The van der Waals surface area contributed by atoms with Crippen molar-refractivity contribution in [3.05, 3.63) is 0 Å². The van der Waals surface area contributed by atoms with Crippen molar-refractivity contribution >= 4 is 33.5 Å². The number of hydrogen-bond acceptors (Lipinski definition) is 7. The topological polar surface area (TPSA) is 78.6 Å². The van der Waals surface area contributed by atoms with Crippen molar-refractivity contribution in [2.45, 2.75) is 58.3 Å². The number of nitrogens with two attached hydrogens (primary N) is 1.